The molecule has 0 aromatic heterocycles. The Morgan fingerprint density at radius 1 is 1.00 bits per heavy atom. The zero-order chi connectivity index (χ0) is 14.8. The first kappa shape index (κ1) is 16.8. The third kappa shape index (κ3) is 6.78. The quantitative estimate of drug-likeness (QED) is 0.664. The van der Waals surface area contributed by atoms with Crippen LogP contribution >= 0.6 is 0 Å². The Hall–Kier alpha value is -1.26. The summed E-state index contributed by atoms with van der Waals surface area (Å²) in [5, 5.41) is 3.36. The Labute approximate surface area is 122 Å². The lowest BCUT2D eigenvalue weighted by Crippen LogP contribution is -2.21. The van der Waals surface area contributed by atoms with E-state index in [4.69, 9.17) is 14.2 Å². The van der Waals surface area contributed by atoms with Crippen molar-refractivity contribution in [1.82, 2.24) is 0 Å². The van der Waals surface area contributed by atoms with Crippen molar-refractivity contribution in [3.05, 3.63) is 24.3 Å². The van der Waals surface area contributed by atoms with Crippen LogP contribution in [0.3, 0.4) is 0 Å². The molecule has 4 nitrogen and oxygen atoms in total. The molecule has 0 unspecified atom stereocenters. The first-order chi connectivity index (χ1) is 9.65. The highest BCUT2D eigenvalue weighted by Crippen LogP contribution is 2.17. The van der Waals surface area contributed by atoms with Crippen molar-refractivity contribution in [2.24, 2.45) is 0 Å². The minimum atomic E-state index is -0.124. The van der Waals surface area contributed by atoms with Crippen LogP contribution in [0.1, 0.15) is 34.1 Å². The third-order valence-electron chi connectivity index (χ3n) is 2.64. The number of nitrogens with one attached hydrogen (secondary N) is 1. The summed E-state index contributed by atoms with van der Waals surface area (Å²) >= 11 is 0. The van der Waals surface area contributed by atoms with Gasteiger partial charge in [-0.3, -0.25) is 0 Å². The van der Waals surface area contributed by atoms with Crippen molar-refractivity contribution in [2.45, 2.75) is 46.5 Å². The smallest absolute Gasteiger partial charge is 0.159 e. The van der Waals surface area contributed by atoms with Gasteiger partial charge in [-0.15, -0.1) is 0 Å². The second-order valence-electron chi connectivity index (χ2n) is 4.75. The second kappa shape index (κ2) is 9.61. The summed E-state index contributed by atoms with van der Waals surface area (Å²) in [6.45, 7) is 10.2. The maximum atomic E-state index is 5.61. The first-order valence-corrected chi connectivity index (χ1v) is 7.39. The standard InChI is InChI=1S/C16H27NO3/c1-5-18-16(19-6-2)11-12-17-14-7-9-15(10-8-14)20-13(3)4/h7-10,13,16-17H,5-6,11-12H2,1-4H3. The largest absolute Gasteiger partial charge is 0.491 e. The van der Waals surface area contributed by atoms with Crippen molar-refractivity contribution in [2.75, 3.05) is 25.1 Å². The Kier molecular flexibility index (Phi) is 8.07. The van der Waals surface area contributed by atoms with Gasteiger partial charge >= 0.3 is 0 Å². The van der Waals surface area contributed by atoms with Gasteiger partial charge in [0.05, 0.1) is 6.10 Å². The molecule has 0 atom stereocenters. The fourth-order valence-electron chi connectivity index (χ4n) is 1.84. The molecule has 0 bridgehead atoms. The van der Waals surface area contributed by atoms with E-state index in [1.807, 2.05) is 52.0 Å². The van der Waals surface area contributed by atoms with Crippen molar-refractivity contribution in [3.63, 3.8) is 0 Å². The normalized spacial score (nSPS) is 11.1. The summed E-state index contributed by atoms with van der Waals surface area (Å²) in [4.78, 5) is 0. The van der Waals surface area contributed by atoms with E-state index in [1.54, 1.807) is 0 Å². The molecule has 0 aliphatic heterocycles. The van der Waals surface area contributed by atoms with Gasteiger partial charge in [0.15, 0.2) is 6.29 Å². The molecule has 0 radical (unpaired) electrons. The van der Waals surface area contributed by atoms with Crippen LogP contribution in [0.15, 0.2) is 24.3 Å². The predicted molar refractivity (Wildman–Crippen MR) is 82.4 cm³/mol. The van der Waals surface area contributed by atoms with Crippen LogP contribution < -0.4 is 10.1 Å². The average Bonchev–Trinajstić information content (AvgIpc) is 2.40. The van der Waals surface area contributed by atoms with Crippen LogP contribution in [0.2, 0.25) is 0 Å². The fraction of sp³-hybridized carbons (Fsp3) is 0.625. The van der Waals surface area contributed by atoms with Gasteiger partial charge in [-0.05, 0) is 52.0 Å². The van der Waals surface area contributed by atoms with E-state index < -0.39 is 0 Å². The molecule has 114 valence electrons. The van der Waals surface area contributed by atoms with Gasteiger partial charge in [0, 0.05) is 31.9 Å². The molecular formula is C16H27NO3. The lowest BCUT2D eigenvalue weighted by molar-refractivity contribution is -0.137. The van der Waals surface area contributed by atoms with E-state index in [0.717, 1.165) is 24.4 Å². The summed E-state index contributed by atoms with van der Waals surface area (Å²) in [6.07, 6.45) is 0.902. The van der Waals surface area contributed by atoms with E-state index in [2.05, 4.69) is 5.32 Å². The summed E-state index contributed by atoms with van der Waals surface area (Å²) < 4.78 is 16.6. The van der Waals surface area contributed by atoms with Crippen molar-refractivity contribution in [1.29, 1.82) is 0 Å². The molecular weight excluding hydrogens is 254 g/mol. The molecule has 0 saturated carbocycles. The van der Waals surface area contributed by atoms with Crippen LogP contribution in [-0.4, -0.2) is 32.2 Å². The van der Waals surface area contributed by atoms with Crippen LogP contribution in [0.5, 0.6) is 5.75 Å². The van der Waals surface area contributed by atoms with Gasteiger partial charge in [-0.1, -0.05) is 0 Å². The van der Waals surface area contributed by atoms with Crippen molar-refractivity contribution >= 4 is 5.69 Å². The number of hydrogen-bond acceptors (Lipinski definition) is 4. The predicted octanol–water partition coefficient (Wildman–Crippen LogP) is 3.67. The van der Waals surface area contributed by atoms with Gasteiger partial charge < -0.3 is 19.5 Å². The second-order valence-corrected chi connectivity index (χ2v) is 4.75. The monoisotopic (exact) mass is 281 g/mol. The maximum Gasteiger partial charge on any atom is 0.159 e. The third-order valence-corrected chi connectivity index (χ3v) is 2.64. The van der Waals surface area contributed by atoms with Crippen molar-refractivity contribution in [3.8, 4) is 5.75 Å². The van der Waals surface area contributed by atoms with E-state index in [0.29, 0.717) is 13.2 Å². The fourth-order valence-corrected chi connectivity index (χ4v) is 1.84. The van der Waals surface area contributed by atoms with E-state index in [9.17, 15) is 0 Å². The lowest BCUT2D eigenvalue weighted by Gasteiger charge is -2.17. The van der Waals surface area contributed by atoms with E-state index in [1.165, 1.54) is 0 Å². The highest BCUT2D eigenvalue weighted by atomic mass is 16.7. The SMILES string of the molecule is CCOC(CCNc1ccc(OC(C)C)cc1)OCC. The average molecular weight is 281 g/mol. The number of ether oxygens (including phenoxy) is 3. The van der Waals surface area contributed by atoms with Gasteiger partial charge in [0.2, 0.25) is 0 Å². The molecule has 0 spiro atoms. The first-order valence-electron chi connectivity index (χ1n) is 7.39. The minimum absolute atomic E-state index is 0.124. The summed E-state index contributed by atoms with van der Waals surface area (Å²) in [6, 6.07) is 8.00. The molecule has 0 amide bonds. The molecule has 0 aliphatic rings. The van der Waals surface area contributed by atoms with Gasteiger partial charge in [0.25, 0.3) is 0 Å². The Balaban J connectivity index is 2.33. The highest BCUT2D eigenvalue weighted by molar-refractivity contribution is 5.46. The van der Waals surface area contributed by atoms with Crippen LogP contribution in [0.25, 0.3) is 0 Å². The maximum absolute atomic E-state index is 5.61. The van der Waals surface area contributed by atoms with E-state index in [-0.39, 0.29) is 12.4 Å². The number of rotatable bonds is 10. The Morgan fingerprint density at radius 3 is 2.10 bits per heavy atom. The molecule has 0 heterocycles. The Morgan fingerprint density at radius 2 is 1.60 bits per heavy atom. The molecule has 0 saturated heterocycles. The van der Waals surface area contributed by atoms with E-state index >= 15 is 0 Å². The summed E-state index contributed by atoms with van der Waals surface area (Å²) in [7, 11) is 0. The number of hydrogen-bond donors (Lipinski definition) is 1. The van der Waals surface area contributed by atoms with Gasteiger partial charge in [-0.2, -0.15) is 0 Å². The van der Waals surface area contributed by atoms with Crippen LogP contribution in [0, 0.1) is 0 Å². The Bertz CT molecular complexity index is 345. The molecule has 1 aromatic carbocycles. The van der Waals surface area contributed by atoms with Gasteiger partial charge in [0.1, 0.15) is 5.75 Å². The molecule has 1 rings (SSSR count). The summed E-state index contributed by atoms with van der Waals surface area (Å²) in [5.74, 6) is 0.895. The highest BCUT2D eigenvalue weighted by Gasteiger charge is 2.07. The zero-order valence-corrected chi connectivity index (χ0v) is 13.0. The summed E-state index contributed by atoms with van der Waals surface area (Å²) in [5.41, 5.74) is 1.08. The molecule has 1 N–H and O–H groups in total. The molecule has 0 aliphatic carbocycles. The molecule has 4 heteroatoms. The van der Waals surface area contributed by atoms with Crippen molar-refractivity contribution < 1.29 is 14.2 Å². The zero-order valence-electron chi connectivity index (χ0n) is 13.0. The number of anilines is 1. The van der Waals surface area contributed by atoms with Crippen LogP contribution in [-0.2, 0) is 9.47 Å². The number of benzene rings is 1. The topological polar surface area (TPSA) is 39.7 Å². The lowest BCUT2D eigenvalue weighted by atomic mass is 10.3. The van der Waals surface area contributed by atoms with Gasteiger partial charge in [-0.25, -0.2) is 0 Å². The molecule has 20 heavy (non-hydrogen) atoms. The molecule has 0 fully saturated rings. The minimum Gasteiger partial charge on any atom is -0.491 e. The molecule has 1 aromatic rings. The van der Waals surface area contributed by atoms with Crippen LogP contribution in [0.4, 0.5) is 5.69 Å².